The molecule has 0 bridgehead atoms. The first-order valence-electron chi connectivity index (χ1n) is 4.52. The molecule has 6 heteroatoms. The van der Waals surface area contributed by atoms with E-state index in [0.29, 0.717) is 0 Å². The molecule has 0 saturated heterocycles. The summed E-state index contributed by atoms with van der Waals surface area (Å²) in [6, 6.07) is 1.90. The minimum atomic E-state index is -4.36. The van der Waals surface area contributed by atoms with Gasteiger partial charge in [-0.3, -0.25) is 0 Å². The fourth-order valence-corrected chi connectivity index (χ4v) is 1.26. The van der Waals surface area contributed by atoms with Gasteiger partial charge in [0.05, 0.1) is 11.8 Å². The number of rotatable bonds is 1. The Morgan fingerprint density at radius 2 is 2.06 bits per heavy atom. The zero-order valence-electron chi connectivity index (χ0n) is 8.36. The molecule has 0 aliphatic carbocycles. The lowest BCUT2D eigenvalue weighted by atomic mass is 10.2. The van der Waals surface area contributed by atoms with Gasteiger partial charge in [-0.05, 0) is 24.6 Å². The molecule has 0 amide bonds. The molecule has 0 aliphatic rings. The first kappa shape index (κ1) is 10.7. The number of pyridine rings is 1. The average Bonchev–Trinajstić information content (AvgIpc) is 2.64. The third-order valence-corrected chi connectivity index (χ3v) is 2.02. The molecule has 0 fully saturated rings. The molecule has 2 aromatic heterocycles. The normalized spacial score (nSPS) is 11.8. The number of aryl methyl sites for hydroxylation is 1. The van der Waals surface area contributed by atoms with Crippen LogP contribution in [0.5, 0.6) is 0 Å². The Labute approximate surface area is 89.5 Å². The van der Waals surface area contributed by atoms with Gasteiger partial charge >= 0.3 is 6.18 Å². The molecule has 0 radical (unpaired) electrons. The van der Waals surface area contributed by atoms with Gasteiger partial charge in [-0.2, -0.15) is 18.3 Å². The van der Waals surface area contributed by atoms with Crippen molar-refractivity contribution in [3.63, 3.8) is 0 Å². The molecular weight excluding hydrogens is 219 g/mol. The van der Waals surface area contributed by atoms with Gasteiger partial charge in [0.25, 0.3) is 0 Å². The smallest absolute Gasteiger partial charge is 0.237 e. The van der Waals surface area contributed by atoms with Crippen LogP contribution in [0.15, 0.2) is 30.7 Å². The van der Waals surface area contributed by atoms with Crippen molar-refractivity contribution in [1.82, 2.24) is 14.8 Å². The first-order valence-corrected chi connectivity index (χ1v) is 4.52. The Balaban J connectivity index is 2.44. The van der Waals surface area contributed by atoms with Gasteiger partial charge in [0.15, 0.2) is 5.82 Å². The summed E-state index contributed by atoms with van der Waals surface area (Å²) >= 11 is 0. The highest BCUT2D eigenvalue weighted by Gasteiger charge is 2.30. The van der Waals surface area contributed by atoms with Crippen LogP contribution in [0.25, 0.3) is 5.82 Å². The maximum atomic E-state index is 12.4. The van der Waals surface area contributed by atoms with Crippen molar-refractivity contribution in [3.05, 3.63) is 41.9 Å². The van der Waals surface area contributed by atoms with Gasteiger partial charge in [-0.25, -0.2) is 9.67 Å². The minimum absolute atomic E-state index is 0.155. The Kier molecular flexibility index (Phi) is 2.41. The van der Waals surface area contributed by atoms with Crippen LogP contribution in [0.2, 0.25) is 0 Å². The molecule has 2 heterocycles. The number of halogens is 3. The maximum absolute atomic E-state index is 12.4. The van der Waals surface area contributed by atoms with E-state index in [4.69, 9.17) is 0 Å². The summed E-state index contributed by atoms with van der Waals surface area (Å²) in [6.07, 6.45) is -0.0700. The summed E-state index contributed by atoms with van der Waals surface area (Å²) < 4.78 is 38.6. The quantitative estimate of drug-likeness (QED) is 0.749. The van der Waals surface area contributed by atoms with Gasteiger partial charge in [-0.15, -0.1) is 0 Å². The second kappa shape index (κ2) is 3.62. The largest absolute Gasteiger partial charge is 0.416 e. The second-order valence-electron chi connectivity index (χ2n) is 3.36. The third-order valence-electron chi connectivity index (χ3n) is 2.02. The lowest BCUT2D eigenvalue weighted by Gasteiger charge is -2.07. The van der Waals surface area contributed by atoms with Crippen LogP contribution in [0, 0.1) is 6.92 Å². The van der Waals surface area contributed by atoms with Crippen LogP contribution in [0.4, 0.5) is 13.2 Å². The molecule has 0 N–H and O–H groups in total. The van der Waals surface area contributed by atoms with E-state index in [1.165, 1.54) is 4.68 Å². The van der Waals surface area contributed by atoms with Crippen LogP contribution in [-0.2, 0) is 6.18 Å². The Bertz CT molecular complexity index is 502. The predicted octanol–water partition coefficient (Wildman–Crippen LogP) is 2.59. The molecule has 0 spiro atoms. The maximum Gasteiger partial charge on any atom is 0.416 e. The van der Waals surface area contributed by atoms with Crippen molar-refractivity contribution in [2.75, 3.05) is 0 Å². The molecule has 2 rings (SSSR count). The van der Waals surface area contributed by atoms with Gasteiger partial charge in [0, 0.05) is 12.4 Å². The lowest BCUT2D eigenvalue weighted by Crippen LogP contribution is -2.07. The highest BCUT2D eigenvalue weighted by molar-refractivity contribution is 5.29. The van der Waals surface area contributed by atoms with Crippen molar-refractivity contribution in [2.45, 2.75) is 13.1 Å². The Morgan fingerprint density at radius 1 is 1.31 bits per heavy atom. The van der Waals surface area contributed by atoms with Gasteiger partial charge in [0.1, 0.15) is 0 Å². The summed E-state index contributed by atoms with van der Waals surface area (Å²) in [4.78, 5) is 3.84. The van der Waals surface area contributed by atoms with E-state index in [1.54, 1.807) is 19.3 Å². The average molecular weight is 227 g/mol. The minimum Gasteiger partial charge on any atom is -0.237 e. The van der Waals surface area contributed by atoms with Crippen LogP contribution >= 0.6 is 0 Å². The molecular formula is C10H8F3N3. The van der Waals surface area contributed by atoms with Gasteiger partial charge in [-0.1, -0.05) is 0 Å². The SMILES string of the molecule is Cc1cnn(-c2cc(C(F)(F)F)ccn2)c1. The van der Waals surface area contributed by atoms with E-state index in [0.717, 1.165) is 23.9 Å². The molecule has 0 aliphatic heterocycles. The second-order valence-corrected chi connectivity index (χ2v) is 3.36. The van der Waals surface area contributed by atoms with E-state index >= 15 is 0 Å². The predicted molar refractivity (Wildman–Crippen MR) is 51.1 cm³/mol. The number of alkyl halides is 3. The van der Waals surface area contributed by atoms with E-state index in [9.17, 15) is 13.2 Å². The topological polar surface area (TPSA) is 30.7 Å². The summed E-state index contributed by atoms with van der Waals surface area (Å²) in [7, 11) is 0. The number of hydrogen-bond donors (Lipinski definition) is 0. The highest BCUT2D eigenvalue weighted by Crippen LogP contribution is 2.29. The first-order chi connectivity index (χ1) is 7.47. The highest BCUT2D eigenvalue weighted by atomic mass is 19.4. The van der Waals surface area contributed by atoms with Crippen molar-refractivity contribution < 1.29 is 13.2 Å². The molecule has 0 unspecified atom stereocenters. The molecule has 2 aromatic rings. The Hall–Kier alpha value is -1.85. The monoisotopic (exact) mass is 227 g/mol. The lowest BCUT2D eigenvalue weighted by molar-refractivity contribution is -0.137. The molecule has 84 valence electrons. The molecule has 0 saturated carbocycles. The number of nitrogens with zero attached hydrogens (tertiary/aromatic N) is 3. The molecule has 3 nitrogen and oxygen atoms in total. The zero-order valence-corrected chi connectivity index (χ0v) is 8.36. The van der Waals surface area contributed by atoms with Crippen LogP contribution < -0.4 is 0 Å². The van der Waals surface area contributed by atoms with E-state index < -0.39 is 11.7 Å². The summed E-state index contributed by atoms with van der Waals surface area (Å²) in [5.41, 5.74) is 0.130. The molecule has 0 atom stereocenters. The summed E-state index contributed by atoms with van der Waals surface area (Å²) in [6.45, 7) is 1.80. The summed E-state index contributed by atoms with van der Waals surface area (Å²) in [5, 5.41) is 3.90. The van der Waals surface area contributed by atoms with Gasteiger partial charge < -0.3 is 0 Å². The Morgan fingerprint density at radius 3 is 2.62 bits per heavy atom. The zero-order chi connectivity index (χ0) is 11.8. The molecule has 16 heavy (non-hydrogen) atoms. The van der Waals surface area contributed by atoms with E-state index in [2.05, 4.69) is 10.1 Å². The van der Waals surface area contributed by atoms with Gasteiger partial charge in [0.2, 0.25) is 0 Å². The van der Waals surface area contributed by atoms with Crippen molar-refractivity contribution in [2.24, 2.45) is 0 Å². The van der Waals surface area contributed by atoms with E-state index in [1.807, 2.05) is 0 Å². The van der Waals surface area contributed by atoms with Crippen LogP contribution in [0.3, 0.4) is 0 Å². The third kappa shape index (κ3) is 2.05. The number of hydrogen-bond acceptors (Lipinski definition) is 2. The standard InChI is InChI=1S/C10H8F3N3/c1-7-5-15-16(6-7)9-4-8(2-3-14-9)10(11,12)13/h2-6H,1H3. The fourth-order valence-electron chi connectivity index (χ4n) is 1.26. The van der Waals surface area contributed by atoms with Crippen LogP contribution in [-0.4, -0.2) is 14.8 Å². The number of aromatic nitrogens is 3. The van der Waals surface area contributed by atoms with Crippen molar-refractivity contribution in [3.8, 4) is 5.82 Å². The molecule has 0 aromatic carbocycles. The van der Waals surface area contributed by atoms with Crippen molar-refractivity contribution in [1.29, 1.82) is 0 Å². The summed E-state index contributed by atoms with van der Waals surface area (Å²) in [5.74, 6) is 0.155. The van der Waals surface area contributed by atoms with Crippen LogP contribution in [0.1, 0.15) is 11.1 Å². The van der Waals surface area contributed by atoms with E-state index in [-0.39, 0.29) is 5.82 Å². The fraction of sp³-hybridized carbons (Fsp3) is 0.200. The van der Waals surface area contributed by atoms with Crippen molar-refractivity contribution >= 4 is 0 Å².